The summed E-state index contributed by atoms with van der Waals surface area (Å²) in [6.07, 6.45) is -15.2. The SMILES string of the molecule is C/C(=C1/C(c2cc(C)cc(C(F)(F)F)c2)=Nc2c(F)c3c(c(F)c21)N=C(c1cc(C)cc(C)c1)/C3=C(\C)C(F)(F)F)C(F)(F)F. The van der Waals surface area contributed by atoms with Crippen molar-refractivity contribution in [1.82, 2.24) is 0 Å². The van der Waals surface area contributed by atoms with Crippen LogP contribution in [0.1, 0.15) is 58.4 Å². The van der Waals surface area contributed by atoms with Crippen LogP contribution >= 0.6 is 0 Å². The summed E-state index contributed by atoms with van der Waals surface area (Å²) in [7, 11) is 0. The van der Waals surface area contributed by atoms with Gasteiger partial charge in [-0.15, -0.1) is 0 Å². The van der Waals surface area contributed by atoms with Crippen molar-refractivity contribution in [3.8, 4) is 0 Å². The monoisotopic (exact) mass is 642 g/mol. The van der Waals surface area contributed by atoms with Crippen molar-refractivity contribution < 1.29 is 48.3 Å². The van der Waals surface area contributed by atoms with Crippen molar-refractivity contribution in [1.29, 1.82) is 0 Å². The third-order valence-corrected chi connectivity index (χ3v) is 7.52. The molecule has 0 N–H and O–H groups in total. The highest BCUT2D eigenvalue weighted by atomic mass is 19.4. The molecule has 3 aromatic rings. The Morgan fingerprint density at radius 2 is 0.889 bits per heavy atom. The van der Waals surface area contributed by atoms with Gasteiger partial charge in [-0.3, -0.25) is 0 Å². The van der Waals surface area contributed by atoms with E-state index in [4.69, 9.17) is 0 Å². The van der Waals surface area contributed by atoms with E-state index in [1.165, 1.54) is 19.1 Å². The molecule has 236 valence electrons. The van der Waals surface area contributed by atoms with E-state index in [9.17, 15) is 39.5 Å². The zero-order valence-corrected chi connectivity index (χ0v) is 24.0. The number of hydrogen-bond donors (Lipinski definition) is 0. The summed E-state index contributed by atoms with van der Waals surface area (Å²) < 4.78 is 158. The lowest BCUT2D eigenvalue weighted by Gasteiger charge is -2.17. The fourth-order valence-corrected chi connectivity index (χ4v) is 5.53. The predicted molar refractivity (Wildman–Crippen MR) is 148 cm³/mol. The van der Waals surface area contributed by atoms with Crippen molar-refractivity contribution in [2.24, 2.45) is 9.98 Å². The highest BCUT2D eigenvalue weighted by Crippen LogP contribution is 2.54. The van der Waals surface area contributed by atoms with Crippen molar-refractivity contribution in [2.75, 3.05) is 0 Å². The molecule has 2 nitrogen and oxygen atoms in total. The van der Waals surface area contributed by atoms with Crippen LogP contribution in [0.15, 0.2) is 57.5 Å². The van der Waals surface area contributed by atoms with Gasteiger partial charge in [-0.1, -0.05) is 17.2 Å². The van der Waals surface area contributed by atoms with Gasteiger partial charge in [0.05, 0.1) is 28.1 Å². The number of hydrogen-bond acceptors (Lipinski definition) is 2. The van der Waals surface area contributed by atoms with Gasteiger partial charge in [-0.05, 0) is 70.5 Å². The number of benzene rings is 3. The van der Waals surface area contributed by atoms with Gasteiger partial charge in [-0.2, -0.15) is 39.5 Å². The minimum Gasteiger partial charge on any atom is -0.244 e. The number of halogens is 11. The Bertz CT molecular complexity index is 1890. The number of rotatable bonds is 2. The van der Waals surface area contributed by atoms with Crippen LogP contribution in [0.3, 0.4) is 0 Å². The molecule has 0 atom stereocenters. The second-order valence-electron chi connectivity index (χ2n) is 11.0. The Hall–Kier alpha value is -4.29. The first-order valence-electron chi connectivity index (χ1n) is 13.2. The largest absolute Gasteiger partial charge is 0.416 e. The van der Waals surface area contributed by atoms with Gasteiger partial charge in [0, 0.05) is 33.4 Å². The minimum atomic E-state index is -5.18. The molecule has 0 aliphatic carbocycles. The van der Waals surface area contributed by atoms with Crippen LogP contribution in [0.25, 0.3) is 11.1 Å². The maximum atomic E-state index is 16.4. The molecular weight excluding hydrogens is 621 g/mol. The standard InChI is InChI=1S/C32H21F11N2/c1-12-6-13(2)8-17(7-12)26-20(15(4)30(35,36)37)22-24(33)29-23(25(34)28(22)44-26)21(16(5)31(38,39)40)27(45-29)18-9-14(3)10-19(11-18)32(41,42)43/h6-11H,1-5H3/b20-15+,21-16-. The molecule has 0 saturated heterocycles. The molecule has 0 aromatic heterocycles. The second-order valence-corrected chi connectivity index (χ2v) is 11.0. The van der Waals surface area contributed by atoms with E-state index in [2.05, 4.69) is 9.98 Å². The fourth-order valence-electron chi connectivity index (χ4n) is 5.53. The third-order valence-electron chi connectivity index (χ3n) is 7.52. The first-order valence-corrected chi connectivity index (χ1v) is 13.2. The first-order chi connectivity index (χ1) is 20.6. The maximum absolute atomic E-state index is 16.4. The predicted octanol–water partition coefficient (Wildman–Crippen LogP) is 10.8. The Balaban J connectivity index is 1.89. The van der Waals surface area contributed by atoms with Gasteiger partial charge in [-0.25, -0.2) is 18.8 Å². The van der Waals surface area contributed by atoms with E-state index in [1.54, 1.807) is 19.9 Å². The quantitative estimate of drug-likeness (QED) is 0.249. The van der Waals surface area contributed by atoms with Gasteiger partial charge in [0.1, 0.15) is 11.4 Å². The van der Waals surface area contributed by atoms with Crippen LogP contribution < -0.4 is 0 Å². The molecular formula is C32H21F11N2. The van der Waals surface area contributed by atoms with E-state index in [-0.39, 0.29) is 11.1 Å². The lowest BCUT2D eigenvalue weighted by atomic mass is 9.88. The van der Waals surface area contributed by atoms with Gasteiger partial charge >= 0.3 is 18.5 Å². The molecule has 0 bridgehead atoms. The lowest BCUT2D eigenvalue weighted by Crippen LogP contribution is -2.16. The summed E-state index contributed by atoms with van der Waals surface area (Å²) >= 11 is 0. The fraction of sp³-hybridized carbons (Fsp3) is 0.250. The Morgan fingerprint density at radius 1 is 0.533 bits per heavy atom. The summed E-state index contributed by atoms with van der Waals surface area (Å²) in [6.45, 7) is 5.66. The molecule has 0 spiro atoms. The third kappa shape index (κ3) is 5.46. The van der Waals surface area contributed by atoms with Crippen LogP contribution in [-0.2, 0) is 6.18 Å². The number of allylic oxidation sites excluding steroid dienone is 4. The van der Waals surface area contributed by atoms with Crippen LogP contribution in [0.4, 0.5) is 59.7 Å². The molecule has 2 aliphatic heterocycles. The first kappa shape index (κ1) is 32.1. The summed E-state index contributed by atoms with van der Waals surface area (Å²) in [5, 5.41) is 0. The summed E-state index contributed by atoms with van der Waals surface area (Å²) in [6, 6.07) is 6.85. The summed E-state index contributed by atoms with van der Waals surface area (Å²) in [5.74, 6) is -3.21. The van der Waals surface area contributed by atoms with Crippen LogP contribution in [0.5, 0.6) is 0 Å². The highest BCUT2D eigenvalue weighted by molar-refractivity contribution is 6.39. The number of nitrogens with zero attached hydrogens (tertiary/aromatic N) is 2. The van der Waals surface area contributed by atoms with Crippen molar-refractivity contribution in [2.45, 2.75) is 53.1 Å². The van der Waals surface area contributed by atoms with E-state index in [1.807, 2.05) is 0 Å². The molecule has 0 saturated carbocycles. The average Bonchev–Trinajstić information content (AvgIpc) is 3.49. The molecule has 0 fully saturated rings. The molecule has 45 heavy (non-hydrogen) atoms. The van der Waals surface area contributed by atoms with Crippen LogP contribution in [0.2, 0.25) is 0 Å². The molecule has 5 rings (SSSR count). The summed E-state index contributed by atoms with van der Waals surface area (Å²) in [4.78, 5) is 7.86. The molecule has 3 aromatic carbocycles. The Morgan fingerprint density at radius 3 is 1.24 bits per heavy atom. The number of fused-ring (bicyclic) bond motifs is 2. The van der Waals surface area contributed by atoms with Gasteiger partial charge in [0.15, 0.2) is 11.6 Å². The minimum absolute atomic E-state index is 0.0420. The van der Waals surface area contributed by atoms with E-state index in [0.717, 1.165) is 12.1 Å². The molecule has 0 amide bonds. The average molecular weight is 643 g/mol. The van der Waals surface area contributed by atoms with E-state index < -0.39 is 97.5 Å². The molecule has 2 aliphatic rings. The maximum Gasteiger partial charge on any atom is 0.416 e. The summed E-state index contributed by atoms with van der Waals surface area (Å²) in [5.41, 5.74) is -10.7. The zero-order valence-electron chi connectivity index (χ0n) is 24.0. The van der Waals surface area contributed by atoms with E-state index in [0.29, 0.717) is 31.0 Å². The molecule has 0 unspecified atom stereocenters. The van der Waals surface area contributed by atoms with Gasteiger partial charge in [0.25, 0.3) is 0 Å². The molecule has 2 heterocycles. The second kappa shape index (κ2) is 10.4. The zero-order chi connectivity index (χ0) is 33.5. The Labute approximate surface area is 249 Å². The number of aryl methyl sites for hydroxylation is 3. The Kier molecular flexibility index (Phi) is 7.41. The molecule has 13 heteroatoms. The van der Waals surface area contributed by atoms with Gasteiger partial charge in [0.2, 0.25) is 0 Å². The normalized spacial score (nSPS) is 17.2. The highest BCUT2D eigenvalue weighted by Gasteiger charge is 2.45. The molecule has 0 radical (unpaired) electrons. The number of alkyl halides is 9. The lowest BCUT2D eigenvalue weighted by molar-refractivity contribution is -0.137. The van der Waals surface area contributed by atoms with Crippen molar-refractivity contribution in [3.63, 3.8) is 0 Å². The topological polar surface area (TPSA) is 24.7 Å². The van der Waals surface area contributed by atoms with Crippen LogP contribution in [-0.4, -0.2) is 23.8 Å². The van der Waals surface area contributed by atoms with Crippen LogP contribution in [0, 0.1) is 32.4 Å². The number of aliphatic imine (C=N–C) groups is 2. The smallest absolute Gasteiger partial charge is 0.244 e. The van der Waals surface area contributed by atoms with Crippen molar-refractivity contribution >= 4 is 33.9 Å². The van der Waals surface area contributed by atoms with Gasteiger partial charge < -0.3 is 0 Å². The van der Waals surface area contributed by atoms with Crippen molar-refractivity contribution in [3.05, 3.63) is 104 Å². The van der Waals surface area contributed by atoms with E-state index >= 15 is 8.78 Å².